The van der Waals surface area contributed by atoms with Crippen LogP contribution in [0.25, 0.3) is 11.0 Å². The second-order valence-electron chi connectivity index (χ2n) is 8.13. The summed E-state index contributed by atoms with van der Waals surface area (Å²) >= 11 is 0. The number of para-hydroxylation sites is 2. The number of amides is 1. The Hall–Kier alpha value is -2.82. The number of fused-ring (bicyclic) bond motifs is 1. The maximum atomic E-state index is 12.5. The highest BCUT2D eigenvalue weighted by Gasteiger charge is 2.41. The summed E-state index contributed by atoms with van der Waals surface area (Å²) in [5.41, 5.74) is 3.42. The second kappa shape index (κ2) is 7.54. The van der Waals surface area contributed by atoms with E-state index in [2.05, 4.69) is 40.7 Å². The van der Waals surface area contributed by atoms with E-state index in [9.17, 15) is 4.79 Å². The number of ether oxygens (including phenoxy) is 1. The highest BCUT2D eigenvalue weighted by atomic mass is 16.5. The second-order valence-corrected chi connectivity index (χ2v) is 8.13. The van der Waals surface area contributed by atoms with Crippen molar-refractivity contribution >= 4 is 16.9 Å². The Morgan fingerprint density at radius 3 is 2.66 bits per heavy atom. The van der Waals surface area contributed by atoms with Crippen LogP contribution in [0.4, 0.5) is 0 Å². The van der Waals surface area contributed by atoms with Crippen molar-refractivity contribution in [2.45, 2.75) is 51.1 Å². The van der Waals surface area contributed by atoms with E-state index < -0.39 is 0 Å². The average molecular weight is 389 g/mol. The Labute approximate surface area is 171 Å². The zero-order chi connectivity index (χ0) is 19.8. The van der Waals surface area contributed by atoms with Crippen LogP contribution in [0.2, 0.25) is 0 Å². The number of likely N-dealkylation sites (tertiary alicyclic amines) is 1. The van der Waals surface area contributed by atoms with Gasteiger partial charge in [-0.1, -0.05) is 31.2 Å². The number of carbonyl (C=O) groups excluding carboxylic acids is 1. The van der Waals surface area contributed by atoms with E-state index in [1.165, 1.54) is 5.56 Å². The number of imidazole rings is 1. The number of hydrogen-bond donors (Lipinski definition) is 0. The first-order valence-corrected chi connectivity index (χ1v) is 10.7. The van der Waals surface area contributed by atoms with E-state index in [1.807, 2.05) is 24.3 Å². The van der Waals surface area contributed by atoms with Gasteiger partial charge in [-0.3, -0.25) is 4.79 Å². The van der Waals surface area contributed by atoms with Gasteiger partial charge in [-0.05, 0) is 49.1 Å². The van der Waals surface area contributed by atoms with Crippen molar-refractivity contribution in [1.29, 1.82) is 0 Å². The molecule has 2 aliphatic rings. The van der Waals surface area contributed by atoms with Crippen LogP contribution in [-0.4, -0.2) is 39.6 Å². The minimum atomic E-state index is 0.166. The van der Waals surface area contributed by atoms with E-state index in [1.54, 1.807) is 0 Å². The standard InChI is InChI=1S/C24H27N3O2/c1-2-17-7-11-20(12-8-17)29-14-13-26-22-6-4-3-5-21(22)25-24(26)18-15-23(28)27(16-18)19-9-10-19/h3-8,11-12,18-19H,2,9-10,13-16H2,1H3. The van der Waals surface area contributed by atoms with Gasteiger partial charge in [0, 0.05) is 24.9 Å². The zero-order valence-corrected chi connectivity index (χ0v) is 16.9. The van der Waals surface area contributed by atoms with Crippen molar-refractivity contribution in [2.24, 2.45) is 0 Å². The van der Waals surface area contributed by atoms with E-state index in [4.69, 9.17) is 9.72 Å². The molecule has 1 unspecified atom stereocenters. The molecular formula is C24H27N3O2. The molecule has 1 atom stereocenters. The summed E-state index contributed by atoms with van der Waals surface area (Å²) in [6, 6.07) is 17.0. The van der Waals surface area contributed by atoms with Gasteiger partial charge in [0.05, 0.1) is 17.6 Å². The fourth-order valence-electron chi connectivity index (χ4n) is 4.36. The van der Waals surface area contributed by atoms with Gasteiger partial charge in [-0.2, -0.15) is 0 Å². The normalized spacial score (nSPS) is 19.3. The largest absolute Gasteiger partial charge is 0.492 e. The fraction of sp³-hybridized carbons (Fsp3) is 0.417. The molecule has 5 heteroatoms. The number of aromatic nitrogens is 2. The number of nitrogens with zero attached hydrogens (tertiary/aromatic N) is 3. The molecule has 1 aromatic heterocycles. The number of carbonyl (C=O) groups is 1. The third-order valence-corrected chi connectivity index (χ3v) is 6.11. The van der Waals surface area contributed by atoms with E-state index >= 15 is 0 Å². The summed E-state index contributed by atoms with van der Waals surface area (Å²) in [7, 11) is 0. The van der Waals surface area contributed by atoms with Gasteiger partial charge in [0.2, 0.25) is 5.91 Å². The van der Waals surface area contributed by atoms with Crippen LogP contribution in [0.1, 0.15) is 43.5 Å². The van der Waals surface area contributed by atoms with E-state index in [0.29, 0.717) is 19.1 Å². The number of hydrogen-bond acceptors (Lipinski definition) is 3. The van der Waals surface area contributed by atoms with Crippen LogP contribution in [0, 0.1) is 0 Å². The van der Waals surface area contributed by atoms with Crippen molar-refractivity contribution in [2.75, 3.05) is 13.2 Å². The Bertz CT molecular complexity index is 1020. The lowest BCUT2D eigenvalue weighted by Crippen LogP contribution is -2.27. The Morgan fingerprint density at radius 2 is 1.90 bits per heavy atom. The van der Waals surface area contributed by atoms with Crippen molar-refractivity contribution in [3.8, 4) is 5.75 Å². The topological polar surface area (TPSA) is 47.4 Å². The minimum absolute atomic E-state index is 0.166. The van der Waals surface area contributed by atoms with Crippen LogP contribution in [0.15, 0.2) is 48.5 Å². The van der Waals surface area contributed by atoms with Gasteiger partial charge in [0.15, 0.2) is 0 Å². The molecule has 150 valence electrons. The molecule has 1 amide bonds. The van der Waals surface area contributed by atoms with Crippen LogP contribution >= 0.6 is 0 Å². The van der Waals surface area contributed by atoms with Gasteiger partial charge >= 0.3 is 0 Å². The van der Waals surface area contributed by atoms with Crippen LogP contribution in [-0.2, 0) is 17.8 Å². The third-order valence-electron chi connectivity index (χ3n) is 6.11. The lowest BCUT2D eigenvalue weighted by molar-refractivity contribution is -0.128. The van der Waals surface area contributed by atoms with Gasteiger partial charge in [0.1, 0.15) is 18.2 Å². The molecule has 1 aliphatic heterocycles. The number of rotatable bonds is 7. The Balaban J connectivity index is 1.35. The molecule has 29 heavy (non-hydrogen) atoms. The first kappa shape index (κ1) is 18.2. The van der Waals surface area contributed by atoms with Crippen LogP contribution < -0.4 is 4.74 Å². The Morgan fingerprint density at radius 1 is 1.10 bits per heavy atom. The van der Waals surface area contributed by atoms with Crippen molar-refractivity contribution in [1.82, 2.24) is 14.5 Å². The summed E-state index contributed by atoms with van der Waals surface area (Å²) in [4.78, 5) is 19.5. The third kappa shape index (κ3) is 3.61. The lowest BCUT2D eigenvalue weighted by atomic mass is 10.1. The smallest absolute Gasteiger partial charge is 0.223 e. The first-order valence-electron chi connectivity index (χ1n) is 10.7. The molecule has 2 aromatic carbocycles. The van der Waals surface area contributed by atoms with Gasteiger partial charge in [0.25, 0.3) is 0 Å². The van der Waals surface area contributed by atoms with Gasteiger partial charge in [-0.15, -0.1) is 0 Å². The molecule has 5 nitrogen and oxygen atoms in total. The zero-order valence-electron chi connectivity index (χ0n) is 16.9. The molecule has 2 fully saturated rings. The maximum Gasteiger partial charge on any atom is 0.223 e. The first-order chi connectivity index (χ1) is 14.2. The maximum absolute atomic E-state index is 12.5. The molecule has 0 N–H and O–H groups in total. The highest BCUT2D eigenvalue weighted by Crippen LogP contribution is 2.37. The summed E-state index contributed by atoms with van der Waals surface area (Å²) in [6.07, 6.45) is 3.90. The molecule has 5 rings (SSSR count). The quantitative estimate of drug-likeness (QED) is 0.610. The molecule has 1 aliphatic carbocycles. The summed E-state index contributed by atoms with van der Waals surface area (Å²) in [5, 5.41) is 0. The predicted molar refractivity (Wildman–Crippen MR) is 113 cm³/mol. The lowest BCUT2D eigenvalue weighted by Gasteiger charge is -2.16. The SMILES string of the molecule is CCc1ccc(OCCn2c(C3CC(=O)N(C4CC4)C3)nc3ccccc32)cc1. The fourth-order valence-corrected chi connectivity index (χ4v) is 4.36. The molecule has 0 bridgehead atoms. The van der Waals surface area contributed by atoms with E-state index in [-0.39, 0.29) is 11.8 Å². The van der Waals surface area contributed by atoms with Crippen LogP contribution in [0.3, 0.4) is 0 Å². The molecule has 1 saturated heterocycles. The molecule has 2 heterocycles. The van der Waals surface area contributed by atoms with Gasteiger partial charge < -0.3 is 14.2 Å². The molecule has 0 radical (unpaired) electrons. The Kier molecular flexibility index (Phi) is 4.74. The van der Waals surface area contributed by atoms with E-state index in [0.717, 1.165) is 55.0 Å². The molecular weight excluding hydrogens is 362 g/mol. The highest BCUT2D eigenvalue weighted by molar-refractivity contribution is 5.81. The molecule has 1 saturated carbocycles. The minimum Gasteiger partial charge on any atom is -0.492 e. The van der Waals surface area contributed by atoms with Gasteiger partial charge in [-0.25, -0.2) is 4.98 Å². The number of benzene rings is 2. The summed E-state index contributed by atoms with van der Waals surface area (Å²) in [6.45, 7) is 4.25. The predicted octanol–water partition coefficient (Wildman–Crippen LogP) is 4.16. The monoisotopic (exact) mass is 389 g/mol. The summed E-state index contributed by atoms with van der Waals surface area (Å²) in [5.74, 6) is 2.36. The van der Waals surface area contributed by atoms with Crippen molar-refractivity contribution in [3.63, 3.8) is 0 Å². The number of aryl methyl sites for hydroxylation is 1. The average Bonchev–Trinajstić information content (AvgIpc) is 3.42. The van der Waals surface area contributed by atoms with Crippen molar-refractivity contribution in [3.05, 3.63) is 59.9 Å². The van der Waals surface area contributed by atoms with Crippen LogP contribution in [0.5, 0.6) is 5.75 Å². The molecule has 3 aromatic rings. The molecule has 0 spiro atoms. The van der Waals surface area contributed by atoms with Crippen molar-refractivity contribution < 1.29 is 9.53 Å². The summed E-state index contributed by atoms with van der Waals surface area (Å²) < 4.78 is 8.26.